The average molecular weight is 499 g/mol. The van der Waals surface area contributed by atoms with E-state index in [2.05, 4.69) is 26.8 Å². The molecule has 4 saturated carbocycles. The molecule has 0 aromatic heterocycles. The lowest BCUT2D eigenvalue weighted by Crippen LogP contribution is -2.48. The molecule has 0 amide bonds. The predicted molar refractivity (Wildman–Crippen MR) is 135 cm³/mol. The normalized spacial score (nSPS) is 37.6. The van der Waals surface area contributed by atoms with Crippen LogP contribution >= 0.6 is 0 Å². The van der Waals surface area contributed by atoms with Gasteiger partial charge >= 0.3 is 0 Å². The number of epoxide rings is 3. The summed E-state index contributed by atoms with van der Waals surface area (Å²) in [5, 5.41) is 0. The van der Waals surface area contributed by atoms with Gasteiger partial charge in [-0.25, -0.2) is 0 Å². The molecule has 4 aliphatic carbocycles. The van der Waals surface area contributed by atoms with Gasteiger partial charge in [0.15, 0.2) is 11.5 Å². The van der Waals surface area contributed by atoms with E-state index in [-0.39, 0.29) is 29.1 Å². The Labute approximate surface area is 215 Å². The van der Waals surface area contributed by atoms with E-state index in [1.54, 1.807) is 0 Å². The van der Waals surface area contributed by atoms with Crippen LogP contribution in [0.4, 0.5) is 0 Å². The van der Waals surface area contributed by atoms with Gasteiger partial charge in [0.05, 0.1) is 19.8 Å². The first kappa shape index (κ1) is 23.6. The van der Waals surface area contributed by atoms with Crippen molar-refractivity contribution in [2.24, 2.45) is 17.8 Å². The highest BCUT2D eigenvalue weighted by Crippen LogP contribution is 2.64. The zero-order valence-corrected chi connectivity index (χ0v) is 22.2. The van der Waals surface area contributed by atoms with E-state index < -0.39 is 0 Å². The van der Waals surface area contributed by atoms with Gasteiger partial charge in [-0.3, -0.25) is 0 Å². The molecule has 4 bridgehead atoms. The second-order valence-corrected chi connectivity index (χ2v) is 13.2. The number of rotatable bonds is 12. The summed E-state index contributed by atoms with van der Waals surface area (Å²) in [4.78, 5) is 0. The molecule has 3 aliphatic heterocycles. The van der Waals surface area contributed by atoms with Crippen LogP contribution in [-0.4, -0.2) is 58.0 Å². The maximum Gasteiger partial charge on any atom is 0.204 e. The van der Waals surface area contributed by atoms with E-state index in [1.807, 2.05) is 0 Å². The van der Waals surface area contributed by atoms with Crippen LogP contribution in [0.1, 0.15) is 76.8 Å². The molecule has 0 N–H and O–H groups in total. The van der Waals surface area contributed by atoms with Crippen LogP contribution in [0.2, 0.25) is 0 Å². The second-order valence-electron chi connectivity index (χ2n) is 13.2. The lowest BCUT2D eigenvalue weighted by atomic mass is 9.47. The molecule has 1 aromatic rings. The van der Waals surface area contributed by atoms with Gasteiger partial charge in [0.2, 0.25) is 5.75 Å². The van der Waals surface area contributed by atoms with Crippen molar-refractivity contribution in [3.05, 3.63) is 17.2 Å². The van der Waals surface area contributed by atoms with Crippen LogP contribution in [0.25, 0.3) is 0 Å². The fourth-order valence-corrected chi connectivity index (χ4v) is 7.59. The standard InChI is InChI=1S/C30H42O6/c1-4-29(2,3)24-8-25(30-9-18-5-19(10-30)7-20(6-18)11-30)27(35-16-22-13-32-22)28(36-17-23-14-33-23)26(24)34-15-21-12-31-21/h8,18-23H,4-7,9-17H2,1-3H3. The molecule has 3 saturated heterocycles. The third-order valence-electron chi connectivity index (χ3n) is 9.86. The second kappa shape index (κ2) is 8.78. The van der Waals surface area contributed by atoms with Crippen LogP contribution in [0.3, 0.4) is 0 Å². The molecule has 3 atom stereocenters. The van der Waals surface area contributed by atoms with Crippen molar-refractivity contribution in [1.29, 1.82) is 0 Å². The summed E-state index contributed by atoms with van der Waals surface area (Å²) in [5.41, 5.74) is 2.75. The molecular formula is C30H42O6. The summed E-state index contributed by atoms with van der Waals surface area (Å²) < 4.78 is 36.5. The monoisotopic (exact) mass is 498 g/mol. The highest BCUT2D eigenvalue weighted by molar-refractivity contribution is 5.64. The first-order chi connectivity index (χ1) is 17.4. The van der Waals surface area contributed by atoms with Crippen molar-refractivity contribution in [2.75, 3.05) is 39.6 Å². The zero-order chi connectivity index (χ0) is 24.5. The smallest absolute Gasteiger partial charge is 0.204 e. The van der Waals surface area contributed by atoms with Crippen molar-refractivity contribution in [1.82, 2.24) is 0 Å². The molecule has 0 spiro atoms. The summed E-state index contributed by atoms with van der Waals surface area (Å²) in [5.74, 6) is 5.10. The third kappa shape index (κ3) is 4.52. The molecule has 1 aromatic carbocycles. The Morgan fingerprint density at radius 2 is 1.19 bits per heavy atom. The molecule has 198 valence electrons. The minimum atomic E-state index is -0.0525. The minimum Gasteiger partial charge on any atom is -0.486 e. The average Bonchev–Trinajstić information content (AvgIpc) is 3.70. The molecular weight excluding hydrogens is 456 g/mol. The topological polar surface area (TPSA) is 65.3 Å². The Kier molecular flexibility index (Phi) is 5.75. The van der Waals surface area contributed by atoms with Gasteiger partial charge in [-0.1, -0.05) is 20.8 Å². The van der Waals surface area contributed by atoms with E-state index >= 15 is 0 Å². The van der Waals surface area contributed by atoms with Crippen molar-refractivity contribution in [2.45, 2.75) is 94.9 Å². The Morgan fingerprint density at radius 1 is 0.750 bits per heavy atom. The van der Waals surface area contributed by atoms with Crippen LogP contribution in [0.15, 0.2) is 6.07 Å². The largest absolute Gasteiger partial charge is 0.486 e. The van der Waals surface area contributed by atoms with Crippen molar-refractivity contribution >= 4 is 0 Å². The maximum atomic E-state index is 6.70. The number of ether oxygens (including phenoxy) is 6. The molecule has 7 fully saturated rings. The summed E-state index contributed by atoms with van der Waals surface area (Å²) in [6.07, 6.45) is 9.64. The van der Waals surface area contributed by atoms with Crippen LogP contribution in [0.5, 0.6) is 17.2 Å². The fourth-order valence-electron chi connectivity index (χ4n) is 7.59. The van der Waals surface area contributed by atoms with Crippen molar-refractivity contribution < 1.29 is 28.4 Å². The van der Waals surface area contributed by atoms with Crippen LogP contribution in [0, 0.1) is 17.8 Å². The highest BCUT2D eigenvalue weighted by atomic mass is 16.6. The minimum absolute atomic E-state index is 0.0525. The van der Waals surface area contributed by atoms with Gasteiger partial charge in [-0.2, -0.15) is 0 Å². The van der Waals surface area contributed by atoms with Gasteiger partial charge in [-0.05, 0) is 79.6 Å². The van der Waals surface area contributed by atoms with E-state index in [4.69, 9.17) is 28.4 Å². The molecule has 6 heteroatoms. The van der Waals surface area contributed by atoms with Crippen molar-refractivity contribution in [3.8, 4) is 17.2 Å². The maximum absolute atomic E-state index is 6.70. The molecule has 7 aliphatic rings. The molecule has 3 unspecified atom stereocenters. The van der Waals surface area contributed by atoms with Crippen LogP contribution < -0.4 is 14.2 Å². The lowest BCUT2D eigenvalue weighted by Gasteiger charge is -2.57. The van der Waals surface area contributed by atoms with Gasteiger partial charge < -0.3 is 28.4 Å². The molecule has 3 heterocycles. The first-order valence-electron chi connectivity index (χ1n) is 14.4. The SMILES string of the molecule is CCC(C)(C)c1cc(C23CC4CC(CC(C4)C2)C3)c(OCC2CO2)c(OCC2CO2)c1OCC1CO1. The summed E-state index contributed by atoms with van der Waals surface area (Å²) in [7, 11) is 0. The van der Waals surface area contributed by atoms with Crippen LogP contribution in [-0.2, 0) is 25.0 Å². The van der Waals surface area contributed by atoms with E-state index in [9.17, 15) is 0 Å². The van der Waals surface area contributed by atoms with E-state index in [0.29, 0.717) is 19.8 Å². The Morgan fingerprint density at radius 3 is 1.64 bits per heavy atom. The number of benzene rings is 1. The molecule has 6 nitrogen and oxygen atoms in total. The summed E-state index contributed by atoms with van der Waals surface area (Å²) >= 11 is 0. The molecule has 0 radical (unpaired) electrons. The number of hydrogen-bond donors (Lipinski definition) is 0. The Hall–Kier alpha value is -1.50. The molecule has 36 heavy (non-hydrogen) atoms. The van der Waals surface area contributed by atoms with Gasteiger partial charge in [-0.15, -0.1) is 0 Å². The summed E-state index contributed by atoms with van der Waals surface area (Å²) in [6.45, 7) is 10.9. The third-order valence-corrected chi connectivity index (χ3v) is 9.86. The van der Waals surface area contributed by atoms with Gasteiger partial charge in [0.25, 0.3) is 0 Å². The highest BCUT2D eigenvalue weighted by Gasteiger charge is 2.53. The van der Waals surface area contributed by atoms with Crippen molar-refractivity contribution in [3.63, 3.8) is 0 Å². The van der Waals surface area contributed by atoms with E-state index in [0.717, 1.165) is 61.2 Å². The van der Waals surface area contributed by atoms with Gasteiger partial charge in [0, 0.05) is 11.1 Å². The zero-order valence-electron chi connectivity index (χ0n) is 22.2. The Bertz CT molecular complexity index is 954. The lowest BCUT2D eigenvalue weighted by molar-refractivity contribution is -0.00677. The van der Waals surface area contributed by atoms with E-state index in [1.165, 1.54) is 49.7 Å². The Balaban J connectivity index is 1.37. The first-order valence-corrected chi connectivity index (χ1v) is 14.4. The predicted octanol–water partition coefficient (Wildman–Crippen LogP) is 5.17. The number of hydrogen-bond acceptors (Lipinski definition) is 6. The quantitative estimate of drug-likeness (QED) is 0.370. The fraction of sp³-hybridized carbons (Fsp3) is 0.800. The molecule has 8 rings (SSSR count). The summed E-state index contributed by atoms with van der Waals surface area (Å²) in [6, 6.07) is 2.48. The van der Waals surface area contributed by atoms with Gasteiger partial charge in [0.1, 0.15) is 38.1 Å².